The molecular weight excluding hydrogens is 264 g/mol. The van der Waals surface area contributed by atoms with Crippen LogP contribution >= 0.6 is 0 Å². The molecule has 7 heteroatoms. The van der Waals surface area contributed by atoms with Gasteiger partial charge in [0, 0.05) is 13.0 Å². The fourth-order valence-electron chi connectivity index (χ4n) is 2.26. The second-order valence-corrected chi connectivity index (χ2v) is 7.64. The van der Waals surface area contributed by atoms with Crippen LogP contribution in [0.1, 0.15) is 57.7 Å². The minimum Gasteiger partial charge on any atom is -0.314 e. The van der Waals surface area contributed by atoms with Gasteiger partial charge in [0.25, 0.3) is 0 Å². The van der Waals surface area contributed by atoms with Crippen molar-refractivity contribution in [2.24, 2.45) is 0 Å². The van der Waals surface area contributed by atoms with Gasteiger partial charge in [-0.2, -0.15) is 0 Å². The SMILES string of the molecule is CC(NS(=O)(=O)C(C)C)c1nnc2n1CCCCC2. The summed E-state index contributed by atoms with van der Waals surface area (Å²) in [6.45, 7) is 6.03. The summed E-state index contributed by atoms with van der Waals surface area (Å²) < 4.78 is 28.6. The van der Waals surface area contributed by atoms with Crippen molar-refractivity contribution < 1.29 is 8.42 Å². The quantitative estimate of drug-likeness (QED) is 0.907. The van der Waals surface area contributed by atoms with E-state index < -0.39 is 15.3 Å². The first-order valence-electron chi connectivity index (χ1n) is 6.85. The fourth-order valence-corrected chi connectivity index (χ4v) is 3.13. The third-order valence-electron chi connectivity index (χ3n) is 3.49. The van der Waals surface area contributed by atoms with Gasteiger partial charge in [-0.1, -0.05) is 6.42 Å². The summed E-state index contributed by atoms with van der Waals surface area (Å²) in [5.74, 6) is 1.70. The number of hydrogen-bond donors (Lipinski definition) is 1. The Labute approximate surface area is 114 Å². The largest absolute Gasteiger partial charge is 0.314 e. The van der Waals surface area contributed by atoms with Gasteiger partial charge in [0.15, 0.2) is 5.82 Å². The molecule has 1 aliphatic rings. The first-order chi connectivity index (χ1) is 8.92. The van der Waals surface area contributed by atoms with E-state index in [1.165, 1.54) is 6.42 Å². The molecule has 2 heterocycles. The lowest BCUT2D eigenvalue weighted by Crippen LogP contribution is -2.34. The number of fused-ring (bicyclic) bond motifs is 1. The topological polar surface area (TPSA) is 76.9 Å². The number of rotatable bonds is 4. The van der Waals surface area contributed by atoms with Crippen molar-refractivity contribution >= 4 is 10.0 Å². The summed E-state index contributed by atoms with van der Waals surface area (Å²) in [6, 6.07) is -0.341. The van der Waals surface area contributed by atoms with Crippen LogP contribution in [0.4, 0.5) is 0 Å². The van der Waals surface area contributed by atoms with Crippen molar-refractivity contribution in [3.05, 3.63) is 11.6 Å². The van der Waals surface area contributed by atoms with Crippen LogP contribution in [0.15, 0.2) is 0 Å². The zero-order valence-corrected chi connectivity index (χ0v) is 12.6. The summed E-state index contributed by atoms with van der Waals surface area (Å²) in [4.78, 5) is 0. The van der Waals surface area contributed by atoms with Gasteiger partial charge in [-0.15, -0.1) is 10.2 Å². The van der Waals surface area contributed by atoms with E-state index in [1.807, 2.05) is 6.92 Å². The van der Waals surface area contributed by atoms with E-state index in [0.29, 0.717) is 0 Å². The highest BCUT2D eigenvalue weighted by Gasteiger charge is 2.24. The van der Waals surface area contributed by atoms with Crippen LogP contribution in [0.3, 0.4) is 0 Å². The van der Waals surface area contributed by atoms with Gasteiger partial charge in [0.1, 0.15) is 5.82 Å². The molecule has 2 rings (SSSR count). The Morgan fingerprint density at radius 2 is 1.89 bits per heavy atom. The van der Waals surface area contributed by atoms with Crippen LogP contribution < -0.4 is 4.72 Å². The van der Waals surface area contributed by atoms with Crippen molar-refractivity contribution in [2.75, 3.05) is 0 Å². The molecule has 0 bridgehead atoms. The highest BCUT2D eigenvalue weighted by atomic mass is 32.2. The molecule has 1 aromatic heterocycles. The fraction of sp³-hybridized carbons (Fsp3) is 0.833. The van der Waals surface area contributed by atoms with Crippen molar-refractivity contribution in [3.8, 4) is 0 Å². The van der Waals surface area contributed by atoms with E-state index in [4.69, 9.17) is 0 Å². The normalized spacial score (nSPS) is 18.1. The summed E-state index contributed by atoms with van der Waals surface area (Å²) in [6.07, 6.45) is 4.34. The molecule has 0 fully saturated rings. The Morgan fingerprint density at radius 3 is 2.58 bits per heavy atom. The second-order valence-electron chi connectivity index (χ2n) is 5.37. The monoisotopic (exact) mass is 286 g/mol. The van der Waals surface area contributed by atoms with Crippen LogP contribution in [0.2, 0.25) is 0 Å². The number of sulfonamides is 1. The summed E-state index contributed by atoms with van der Waals surface area (Å²) in [5, 5.41) is 7.92. The third-order valence-corrected chi connectivity index (χ3v) is 5.41. The number of aromatic nitrogens is 3. The first-order valence-corrected chi connectivity index (χ1v) is 8.39. The molecule has 1 N–H and O–H groups in total. The van der Waals surface area contributed by atoms with Gasteiger partial charge in [-0.25, -0.2) is 13.1 Å². The average Bonchev–Trinajstić information content (AvgIpc) is 2.58. The highest BCUT2D eigenvalue weighted by molar-refractivity contribution is 7.90. The molecule has 108 valence electrons. The lowest BCUT2D eigenvalue weighted by Gasteiger charge is -2.17. The Bertz CT molecular complexity index is 536. The predicted molar refractivity (Wildman–Crippen MR) is 73.2 cm³/mol. The van der Waals surface area contributed by atoms with E-state index in [1.54, 1.807) is 13.8 Å². The lowest BCUT2D eigenvalue weighted by atomic mass is 10.2. The molecule has 0 radical (unpaired) electrons. The van der Waals surface area contributed by atoms with Gasteiger partial charge >= 0.3 is 0 Å². The van der Waals surface area contributed by atoms with Crippen molar-refractivity contribution in [1.29, 1.82) is 0 Å². The van der Waals surface area contributed by atoms with Crippen LogP contribution in [-0.4, -0.2) is 28.4 Å². The zero-order chi connectivity index (χ0) is 14.0. The molecule has 0 aromatic carbocycles. The van der Waals surface area contributed by atoms with Crippen LogP contribution in [-0.2, 0) is 23.0 Å². The number of aryl methyl sites for hydroxylation is 1. The van der Waals surface area contributed by atoms with E-state index in [2.05, 4.69) is 19.5 Å². The average molecular weight is 286 g/mol. The van der Waals surface area contributed by atoms with Gasteiger partial charge in [0.05, 0.1) is 11.3 Å². The predicted octanol–water partition coefficient (Wildman–Crippen LogP) is 1.39. The molecule has 0 saturated heterocycles. The van der Waals surface area contributed by atoms with E-state index in [0.717, 1.165) is 37.5 Å². The summed E-state index contributed by atoms with van der Waals surface area (Å²) in [7, 11) is -3.29. The first kappa shape index (κ1) is 14.5. The number of nitrogens with zero attached hydrogens (tertiary/aromatic N) is 3. The number of nitrogens with one attached hydrogen (secondary N) is 1. The molecule has 19 heavy (non-hydrogen) atoms. The van der Waals surface area contributed by atoms with E-state index >= 15 is 0 Å². The molecule has 1 unspecified atom stereocenters. The maximum Gasteiger partial charge on any atom is 0.214 e. The van der Waals surface area contributed by atoms with Crippen molar-refractivity contribution in [1.82, 2.24) is 19.5 Å². The summed E-state index contributed by atoms with van der Waals surface area (Å²) >= 11 is 0. The molecule has 0 spiro atoms. The highest BCUT2D eigenvalue weighted by Crippen LogP contribution is 2.19. The third kappa shape index (κ3) is 3.14. The number of hydrogen-bond acceptors (Lipinski definition) is 4. The molecular formula is C12H22N4O2S. The van der Waals surface area contributed by atoms with E-state index in [-0.39, 0.29) is 6.04 Å². The van der Waals surface area contributed by atoms with Crippen molar-refractivity contribution in [3.63, 3.8) is 0 Å². The maximum atomic E-state index is 11.9. The van der Waals surface area contributed by atoms with E-state index in [9.17, 15) is 8.42 Å². The molecule has 0 saturated carbocycles. The molecule has 0 aliphatic carbocycles. The lowest BCUT2D eigenvalue weighted by molar-refractivity contribution is 0.529. The minimum atomic E-state index is -3.29. The smallest absolute Gasteiger partial charge is 0.214 e. The standard InChI is InChI=1S/C12H22N4O2S/c1-9(2)19(17,18)15-10(3)12-14-13-11-7-5-4-6-8-16(11)12/h9-10,15H,4-8H2,1-3H3. The zero-order valence-electron chi connectivity index (χ0n) is 11.8. The Kier molecular flexibility index (Phi) is 4.25. The van der Waals surface area contributed by atoms with Gasteiger partial charge in [-0.3, -0.25) is 0 Å². The molecule has 1 atom stereocenters. The Balaban J connectivity index is 2.21. The van der Waals surface area contributed by atoms with Gasteiger partial charge in [0.2, 0.25) is 10.0 Å². The van der Waals surface area contributed by atoms with Gasteiger partial charge in [-0.05, 0) is 33.6 Å². The van der Waals surface area contributed by atoms with Gasteiger partial charge < -0.3 is 4.57 Å². The van der Waals surface area contributed by atoms with Crippen LogP contribution in [0.5, 0.6) is 0 Å². The minimum absolute atomic E-state index is 0.341. The molecule has 1 aromatic rings. The van der Waals surface area contributed by atoms with Crippen LogP contribution in [0, 0.1) is 0 Å². The molecule has 6 nitrogen and oxygen atoms in total. The molecule has 0 amide bonds. The Morgan fingerprint density at radius 1 is 1.16 bits per heavy atom. The molecule has 1 aliphatic heterocycles. The van der Waals surface area contributed by atoms with Crippen molar-refractivity contribution in [2.45, 2.75) is 64.3 Å². The summed E-state index contributed by atoms with van der Waals surface area (Å²) in [5.41, 5.74) is 0. The Hall–Kier alpha value is -0.950. The second kappa shape index (κ2) is 5.58. The maximum absolute atomic E-state index is 11.9. The van der Waals surface area contributed by atoms with Crippen LogP contribution in [0.25, 0.3) is 0 Å².